The number of hydrogen-bond acceptors (Lipinski definition) is 5. The van der Waals surface area contributed by atoms with Gasteiger partial charge in [0.05, 0.1) is 12.6 Å². The van der Waals surface area contributed by atoms with Crippen LogP contribution < -0.4 is 5.73 Å². The molecule has 0 fully saturated rings. The van der Waals surface area contributed by atoms with Crippen molar-refractivity contribution in [3.63, 3.8) is 0 Å². The molecule has 0 saturated carbocycles. The minimum absolute atomic E-state index is 0.297. The van der Waals surface area contributed by atoms with Crippen molar-refractivity contribution in [2.45, 2.75) is 19.9 Å². The molecule has 0 bridgehead atoms. The second-order valence-electron chi connectivity index (χ2n) is 4.18. The molecule has 0 aliphatic rings. The summed E-state index contributed by atoms with van der Waals surface area (Å²) in [6.07, 6.45) is 0. The molecule has 1 atom stereocenters. The highest BCUT2D eigenvalue weighted by atomic mass is 19.1. The minimum Gasteiger partial charge on any atom is -0.380 e. The zero-order chi connectivity index (χ0) is 13.8. The summed E-state index contributed by atoms with van der Waals surface area (Å²) in [6.45, 7) is 4.58. The van der Waals surface area contributed by atoms with Gasteiger partial charge in [-0.15, -0.1) is 0 Å². The molecule has 2 rings (SSSR count). The quantitative estimate of drug-likeness (QED) is 0.897. The van der Waals surface area contributed by atoms with E-state index in [0.717, 1.165) is 5.56 Å². The molecule has 0 saturated heterocycles. The predicted molar refractivity (Wildman–Crippen MR) is 67.9 cm³/mol. The summed E-state index contributed by atoms with van der Waals surface area (Å²) in [7, 11) is 0. The van der Waals surface area contributed by atoms with Crippen molar-refractivity contribution < 1.29 is 13.7 Å². The van der Waals surface area contributed by atoms with Gasteiger partial charge < -0.3 is 15.0 Å². The molecule has 5 nitrogen and oxygen atoms in total. The highest BCUT2D eigenvalue weighted by molar-refractivity contribution is 5.57. The van der Waals surface area contributed by atoms with E-state index < -0.39 is 6.04 Å². The molecule has 2 N–H and O–H groups in total. The lowest BCUT2D eigenvalue weighted by Crippen LogP contribution is -2.18. The van der Waals surface area contributed by atoms with Crippen LogP contribution in [0.5, 0.6) is 0 Å². The third-order valence-electron chi connectivity index (χ3n) is 2.69. The van der Waals surface area contributed by atoms with Crippen molar-refractivity contribution in [1.29, 1.82) is 0 Å². The number of benzene rings is 1. The molecule has 0 amide bonds. The summed E-state index contributed by atoms with van der Waals surface area (Å²) in [5.41, 5.74) is 7.29. The highest BCUT2D eigenvalue weighted by Crippen LogP contribution is 2.23. The Kier molecular flexibility index (Phi) is 4.24. The van der Waals surface area contributed by atoms with Gasteiger partial charge in [-0.2, -0.15) is 4.98 Å². The Morgan fingerprint density at radius 2 is 2.26 bits per heavy atom. The summed E-state index contributed by atoms with van der Waals surface area (Å²) < 4.78 is 23.4. The van der Waals surface area contributed by atoms with Crippen LogP contribution in [0.2, 0.25) is 0 Å². The zero-order valence-corrected chi connectivity index (χ0v) is 10.9. The van der Waals surface area contributed by atoms with Gasteiger partial charge in [0.1, 0.15) is 5.82 Å². The first-order valence-corrected chi connectivity index (χ1v) is 6.05. The largest absolute Gasteiger partial charge is 0.380 e. The topological polar surface area (TPSA) is 74.2 Å². The van der Waals surface area contributed by atoms with Crippen molar-refractivity contribution in [3.05, 3.63) is 35.4 Å². The van der Waals surface area contributed by atoms with E-state index >= 15 is 0 Å². The Morgan fingerprint density at radius 1 is 1.47 bits per heavy atom. The third kappa shape index (κ3) is 3.15. The average Bonchev–Trinajstić information content (AvgIpc) is 2.85. The van der Waals surface area contributed by atoms with Crippen molar-refractivity contribution in [2.24, 2.45) is 5.73 Å². The number of aromatic nitrogens is 2. The fraction of sp³-hybridized carbons (Fsp3) is 0.385. The highest BCUT2D eigenvalue weighted by Gasteiger charge is 2.16. The van der Waals surface area contributed by atoms with E-state index in [1.54, 1.807) is 13.0 Å². The molecule has 2 aromatic rings. The monoisotopic (exact) mass is 265 g/mol. The maximum atomic E-state index is 13.0. The lowest BCUT2D eigenvalue weighted by Gasteiger charge is -2.05. The van der Waals surface area contributed by atoms with Gasteiger partial charge in [-0.1, -0.05) is 5.16 Å². The fourth-order valence-electron chi connectivity index (χ4n) is 1.68. The maximum Gasteiger partial charge on any atom is 0.258 e. The van der Waals surface area contributed by atoms with Crippen molar-refractivity contribution in [2.75, 3.05) is 13.2 Å². The molecule has 1 aromatic carbocycles. The van der Waals surface area contributed by atoms with Crippen LogP contribution in [0.15, 0.2) is 22.7 Å². The van der Waals surface area contributed by atoms with Gasteiger partial charge in [0, 0.05) is 12.2 Å². The molecule has 0 aliphatic heterocycles. The number of nitrogens with zero attached hydrogens (tertiary/aromatic N) is 2. The summed E-state index contributed by atoms with van der Waals surface area (Å²) in [6, 6.07) is 3.94. The first kappa shape index (κ1) is 13.6. The van der Waals surface area contributed by atoms with Crippen molar-refractivity contribution >= 4 is 0 Å². The zero-order valence-electron chi connectivity index (χ0n) is 10.9. The second kappa shape index (κ2) is 5.90. The number of halogens is 1. The number of rotatable bonds is 5. The number of nitrogens with two attached hydrogens (primary N) is 1. The van der Waals surface area contributed by atoms with Crippen LogP contribution in [0.25, 0.3) is 11.5 Å². The lowest BCUT2D eigenvalue weighted by atomic mass is 10.1. The van der Waals surface area contributed by atoms with E-state index in [9.17, 15) is 4.39 Å². The van der Waals surface area contributed by atoms with Crippen LogP contribution in [0.3, 0.4) is 0 Å². The average molecular weight is 265 g/mol. The Bertz CT molecular complexity index is 557. The van der Waals surface area contributed by atoms with E-state index in [1.165, 1.54) is 12.1 Å². The van der Waals surface area contributed by atoms with E-state index in [4.69, 9.17) is 15.0 Å². The van der Waals surface area contributed by atoms with Crippen LogP contribution in [-0.2, 0) is 4.74 Å². The molecule has 0 radical (unpaired) electrons. The summed E-state index contributed by atoms with van der Waals surface area (Å²) >= 11 is 0. The van der Waals surface area contributed by atoms with Crippen LogP contribution in [0, 0.1) is 12.7 Å². The predicted octanol–water partition coefficient (Wildman–Crippen LogP) is 2.22. The molecule has 1 heterocycles. The normalized spacial score (nSPS) is 12.6. The minimum atomic E-state index is -0.432. The molecule has 19 heavy (non-hydrogen) atoms. The number of ether oxygens (including phenoxy) is 1. The van der Waals surface area contributed by atoms with Crippen LogP contribution in [0.4, 0.5) is 4.39 Å². The summed E-state index contributed by atoms with van der Waals surface area (Å²) in [5, 5.41) is 3.82. The molecule has 1 aromatic heterocycles. The number of hydrogen-bond donors (Lipinski definition) is 1. The molecular formula is C13H16FN3O2. The van der Waals surface area contributed by atoms with Crippen LogP contribution in [-0.4, -0.2) is 23.4 Å². The molecule has 0 spiro atoms. The maximum absolute atomic E-state index is 13.0. The lowest BCUT2D eigenvalue weighted by molar-refractivity contribution is 0.130. The second-order valence-corrected chi connectivity index (χ2v) is 4.18. The molecule has 102 valence electrons. The van der Waals surface area contributed by atoms with Gasteiger partial charge in [-0.3, -0.25) is 0 Å². The Balaban J connectivity index is 2.20. The van der Waals surface area contributed by atoms with Crippen LogP contribution >= 0.6 is 0 Å². The van der Waals surface area contributed by atoms with E-state index in [0.29, 0.717) is 30.5 Å². The van der Waals surface area contributed by atoms with E-state index in [1.807, 2.05) is 6.92 Å². The Labute approximate surface area is 110 Å². The first-order valence-electron chi connectivity index (χ1n) is 6.05. The standard InChI is InChI=1S/C13H16FN3O2/c1-3-18-7-11(15)12-16-13(19-17-12)10-5-4-9(14)6-8(10)2/h4-6,11H,3,7,15H2,1-2H3. The van der Waals surface area contributed by atoms with Gasteiger partial charge in [-0.25, -0.2) is 4.39 Å². The molecular weight excluding hydrogens is 249 g/mol. The van der Waals surface area contributed by atoms with Gasteiger partial charge in [0.2, 0.25) is 0 Å². The number of aryl methyl sites for hydroxylation is 1. The van der Waals surface area contributed by atoms with E-state index in [-0.39, 0.29) is 5.82 Å². The van der Waals surface area contributed by atoms with Gasteiger partial charge >= 0.3 is 0 Å². The molecule has 6 heteroatoms. The summed E-state index contributed by atoms with van der Waals surface area (Å²) in [4.78, 5) is 4.22. The smallest absolute Gasteiger partial charge is 0.258 e. The van der Waals surface area contributed by atoms with Crippen LogP contribution in [0.1, 0.15) is 24.4 Å². The van der Waals surface area contributed by atoms with Gasteiger partial charge in [0.25, 0.3) is 5.89 Å². The summed E-state index contributed by atoms with van der Waals surface area (Å²) in [5.74, 6) is 0.417. The Hall–Kier alpha value is -1.79. The third-order valence-corrected chi connectivity index (χ3v) is 2.69. The molecule has 1 unspecified atom stereocenters. The van der Waals surface area contributed by atoms with Gasteiger partial charge in [-0.05, 0) is 37.6 Å². The van der Waals surface area contributed by atoms with Crippen molar-refractivity contribution in [1.82, 2.24) is 10.1 Å². The molecule has 0 aliphatic carbocycles. The van der Waals surface area contributed by atoms with E-state index in [2.05, 4.69) is 10.1 Å². The van der Waals surface area contributed by atoms with Crippen molar-refractivity contribution in [3.8, 4) is 11.5 Å². The SMILES string of the molecule is CCOCC(N)c1noc(-c2ccc(F)cc2C)n1. The van der Waals surface area contributed by atoms with Gasteiger partial charge in [0.15, 0.2) is 5.82 Å². The first-order chi connectivity index (χ1) is 9.11. The fourth-order valence-corrected chi connectivity index (χ4v) is 1.68. The Morgan fingerprint density at radius 3 is 2.95 bits per heavy atom.